The summed E-state index contributed by atoms with van der Waals surface area (Å²) in [6, 6.07) is 8.08. The van der Waals surface area contributed by atoms with Gasteiger partial charge in [0.2, 0.25) is 0 Å². The first-order valence-corrected chi connectivity index (χ1v) is 11.0. The summed E-state index contributed by atoms with van der Waals surface area (Å²) in [4.78, 5) is 6.92. The first-order valence-electron chi connectivity index (χ1n) is 11.0. The number of para-hydroxylation sites is 1. The molecule has 29 heavy (non-hydrogen) atoms. The van der Waals surface area contributed by atoms with E-state index in [0.717, 1.165) is 40.9 Å². The predicted molar refractivity (Wildman–Crippen MR) is 120 cm³/mol. The van der Waals surface area contributed by atoms with Crippen LogP contribution in [-0.4, -0.2) is 50.7 Å². The molecule has 1 aliphatic rings. The van der Waals surface area contributed by atoms with E-state index in [-0.39, 0.29) is 6.04 Å². The second-order valence-electron chi connectivity index (χ2n) is 7.79. The number of benzene rings is 1. The number of likely N-dealkylation sites (tertiary alicyclic amines) is 1. The number of nitrogens with zero attached hydrogens (tertiary/aromatic N) is 2. The molecule has 0 saturated carbocycles. The van der Waals surface area contributed by atoms with E-state index in [1.807, 2.05) is 26.1 Å². The molecule has 1 atom stereocenters. The average Bonchev–Trinajstić information content (AvgIpc) is 3.19. The Balaban J connectivity index is 1.51. The molecule has 2 N–H and O–H groups in total. The van der Waals surface area contributed by atoms with E-state index in [2.05, 4.69) is 46.5 Å². The standard InChI is InChI=1S/C23H36N4O2/c1-5-27-14-11-18(12-15-27)10-13-25-23(24-4)26-17(3)21-16-19-8-7-9-20(28-6-2)22(19)29-21/h7-9,16-18H,5-6,10-15H2,1-4H3,(H2,24,25,26). The Morgan fingerprint density at radius 1 is 1.31 bits per heavy atom. The molecule has 0 aliphatic carbocycles. The van der Waals surface area contributed by atoms with Crippen LogP contribution in [0.2, 0.25) is 0 Å². The molecular weight excluding hydrogens is 364 g/mol. The lowest BCUT2D eigenvalue weighted by molar-refractivity contribution is 0.187. The van der Waals surface area contributed by atoms with Gasteiger partial charge >= 0.3 is 0 Å². The fourth-order valence-corrected chi connectivity index (χ4v) is 4.00. The molecule has 160 valence electrons. The Morgan fingerprint density at radius 3 is 2.79 bits per heavy atom. The van der Waals surface area contributed by atoms with Crippen LogP contribution in [0.4, 0.5) is 0 Å². The summed E-state index contributed by atoms with van der Waals surface area (Å²) >= 11 is 0. The van der Waals surface area contributed by atoms with Gasteiger partial charge in [-0.25, -0.2) is 0 Å². The zero-order valence-corrected chi connectivity index (χ0v) is 18.3. The van der Waals surface area contributed by atoms with Crippen LogP contribution in [0.1, 0.15) is 51.8 Å². The lowest BCUT2D eigenvalue weighted by Crippen LogP contribution is -2.40. The van der Waals surface area contributed by atoms with Crippen molar-refractivity contribution < 1.29 is 9.15 Å². The topological polar surface area (TPSA) is 62.0 Å². The molecule has 6 heteroatoms. The quantitative estimate of drug-likeness (QED) is 0.514. The molecule has 3 rings (SSSR count). The maximum Gasteiger partial charge on any atom is 0.191 e. The van der Waals surface area contributed by atoms with Crippen LogP contribution in [0.3, 0.4) is 0 Å². The molecule has 0 spiro atoms. The molecule has 1 aromatic heterocycles. The van der Waals surface area contributed by atoms with E-state index in [0.29, 0.717) is 6.61 Å². The van der Waals surface area contributed by atoms with Crippen molar-refractivity contribution in [3.8, 4) is 5.75 Å². The third kappa shape index (κ3) is 5.66. The molecule has 1 unspecified atom stereocenters. The van der Waals surface area contributed by atoms with Crippen molar-refractivity contribution in [1.29, 1.82) is 0 Å². The summed E-state index contributed by atoms with van der Waals surface area (Å²) in [5, 5.41) is 7.97. The number of guanidine groups is 1. The summed E-state index contributed by atoms with van der Waals surface area (Å²) in [5.74, 6) is 3.30. The van der Waals surface area contributed by atoms with Crippen molar-refractivity contribution in [2.24, 2.45) is 10.9 Å². The number of hydrogen-bond acceptors (Lipinski definition) is 4. The van der Waals surface area contributed by atoms with Gasteiger partial charge in [0.25, 0.3) is 0 Å². The van der Waals surface area contributed by atoms with Gasteiger partial charge in [-0.15, -0.1) is 0 Å². The van der Waals surface area contributed by atoms with Crippen molar-refractivity contribution in [1.82, 2.24) is 15.5 Å². The van der Waals surface area contributed by atoms with Gasteiger partial charge < -0.3 is 24.7 Å². The smallest absolute Gasteiger partial charge is 0.191 e. The van der Waals surface area contributed by atoms with Crippen LogP contribution in [0.15, 0.2) is 33.7 Å². The number of fused-ring (bicyclic) bond motifs is 1. The Hall–Kier alpha value is -2.21. The molecule has 0 amide bonds. The molecule has 1 aliphatic heterocycles. The van der Waals surface area contributed by atoms with Crippen molar-refractivity contribution in [2.75, 3.05) is 39.8 Å². The highest BCUT2D eigenvalue weighted by atomic mass is 16.5. The summed E-state index contributed by atoms with van der Waals surface area (Å²) in [5.41, 5.74) is 0.805. The highest BCUT2D eigenvalue weighted by molar-refractivity contribution is 5.84. The molecular formula is C23H36N4O2. The maximum absolute atomic E-state index is 6.10. The molecule has 1 saturated heterocycles. The van der Waals surface area contributed by atoms with Gasteiger partial charge in [0.15, 0.2) is 17.3 Å². The SMILES string of the molecule is CCOc1cccc2cc(C(C)NC(=NC)NCCC3CCN(CC)CC3)oc12. The van der Waals surface area contributed by atoms with Crippen molar-refractivity contribution in [3.05, 3.63) is 30.0 Å². The van der Waals surface area contributed by atoms with Crippen LogP contribution < -0.4 is 15.4 Å². The van der Waals surface area contributed by atoms with E-state index in [4.69, 9.17) is 9.15 Å². The zero-order valence-electron chi connectivity index (χ0n) is 18.3. The zero-order chi connectivity index (χ0) is 20.6. The second kappa shape index (κ2) is 10.5. The first-order chi connectivity index (χ1) is 14.1. The molecule has 1 fully saturated rings. The Kier molecular flexibility index (Phi) is 7.81. The van der Waals surface area contributed by atoms with E-state index in [1.54, 1.807) is 0 Å². The lowest BCUT2D eigenvalue weighted by atomic mass is 9.93. The Bertz CT molecular complexity index is 793. The molecule has 0 bridgehead atoms. The minimum Gasteiger partial charge on any atom is -0.490 e. The highest BCUT2D eigenvalue weighted by Crippen LogP contribution is 2.31. The maximum atomic E-state index is 6.10. The molecule has 6 nitrogen and oxygen atoms in total. The van der Waals surface area contributed by atoms with Crippen LogP contribution in [0, 0.1) is 5.92 Å². The minimum absolute atomic E-state index is 0.0101. The van der Waals surface area contributed by atoms with Gasteiger partial charge in [-0.2, -0.15) is 0 Å². The molecule has 0 radical (unpaired) electrons. The number of hydrogen-bond donors (Lipinski definition) is 2. The highest BCUT2D eigenvalue weighted by Gasteiger charge is 2.18. The van der Waals surface area contributed by atoms with Gasteiger partial charge in [0.1, 0.15) is 5.76 Å². The summed E-state index contributed by atoms with van der Waals surface area (Å²) < 4.78 is 11.8. The first kappa shape index (κ1) is 21.5. The van der Waals surface area contributed by atoms with E-state index in [1.165, 1.54) is 38.9 Å². The lowest BCUT2D eigenvalue weighted by Gasteiger charge is -2.31. The number of nitrogens with one attached hydrogen (secondary N) is 2. The number of rotatable bonds is 8. The normalized spacial score (nSPS) is 17.4. The number of furan rings is 1. The van der Waals surface area contributed by atoms with Crippen LogP contribution in [0.5, 0.6) is 5.75 Å². The van der Waals surface area contributed by atoms with Crippen LogP contribution in [0.25, 0.3) is 11.0 Å². The van der Waals surface area contributed by atoms with Gasteiger partial charge in [-0.05, 0) is 70.8 Å². The average molecular weight is 401 g/mol. The number of ether oxygens (including phenoxy) is 1. The largest absolute Gasteiger partial charge is 0.490 e. The van der Waals surface area contributed by atoms with Gasteiger partial charge in [-0.3, -0.25) is 4.99 Å². The van der Waals surface area contributed by atoms with E-state index < -0.39 is 0 Å². The van der Waals surface area contributed by atoms with Gasteiger partial charge in [0, 0.05) is 19.0 Å². The van der Waals surface area contributed by atoms with E-state index in [9.17, 15) is 0 Å². The van der Waals surface area contributed by atoms with Crippen LogP contribution >= 0.6 is 0 Å². The van der Waals surface area contributed by atoms with Crippen LogP contribution in [-0.2, 0) is 0 Å². The van der Waals surface area contributed by atoms with E-state index >= 15 is 0 Å². The molecule has 2 heterocycles. The summed E-state index contributed by atoms with van der Waals surface area (Å²) in [6.45, 7) is 11.5. The Morgan fingerprint density at radius 2 is 2.10 bits per heavy atom. The summed E-state index contributed by atoms with van der Waals surface area (Å²) in [6.07, 6.45) is 3.80. The minimum atomic E-state index is 0.0101. The molecule has 1 aromatic carbocycles. The third-order valence-electron chi connectivity index (χ3n) is 5.83. The number of piperidine rings is 1. The van der Waals surface area contributed by atoms with Crippen molar-refractivity contribution >= 4 is 16.9 Å². The van der Waals surface area contributed by atoms with Crippen molar-refractivity contribution in [2.45, 2.75) is 46.1 Å². The Labute approximate surface area is 174 Å². The summed E-state index contributed by atoms with van der Waals surface area (Å²) in [7, 11) is 1.81. The fourth-order valence-electron chi connectivity index (χ4n) is 4.00. The fraction of sp³-hybridized carbons (Fsp3) is 0.609. The van der Waals surface area contributed by atoms with Gasteiger partial charge in [0.05, 0.1) is 12.6 Å². The predicted octanol–water partition coefficient (Wildman–Crippen LogP) is 4.18. The number of aliphatic imine (C=N–C) groups is 1. The third-order valence-corrected chi connectivity index (χ3v) is 5.83. The second-order valence-corrected chi connectivity index (χ2v) is 7.79. The monoisotopic (exact) mass is 400 g/mol. The van der Waals surface area contributed by atoms with Gasteiger partial charge in [-0.1, -0.05) is 19.1 Å². The van der Waals surface area contributed by atoms with Crippen molar-refractivity contribution in [3.63, 3.8) is 0 Å². The molecule has 2 aromatic rings.